The molecule has 12 rings (SSSR count). The third-order valence-corrected chi connectivity index (χ3v) is 13.0. The Morgan fingerprint density at radius 1 is 0.460 bits per heavy atom. The van der Waals surface area contributed by atoms with Crippen LogP contribution in [0.5, 0.6) is 0 Å². The average molecular weight is 810 g/mol. The highest BCUT2D eigenvalue weighted by molar-refractivity contribution is 7.00. The largest absolute Gasteiger partial charge is 0.456 e. The van der Waals surface area contributed by atoms with Gasteiger partial charge in [0.25, 0.3) is 6.71 Å². The highest BCUT2D eigenvalue weighted by Gasteiger charge is 2.44. The molecule has 0 unspecified atom stereocenters. The van der Waals surface area contributed by atoms with Gasteiger partial charge < -0.3 is 19.1 Å². The van der Waals surface area contributed by atoms with Crippen LogP contribution in [-0.4, -0.2) is 6.71 Å². The molecule has 300 valence electrons. The van der Waals surface area contributed by atoms with Gasteiger partial charge >= 0.3 is 0 Å². The third kappa shape index (κ3) is 5.91. The van der Waals surface area contributed by atoms with Gasteiger partial charge in [0.1, 0.15) is 11.2 Å². The normalized spacial score (nSPS) is 12.9. The monoisotopic (exact) mass is 809 g/mol. The first-order valence-corrected chi connectivity index (χ1v) is 21.9. The molecule has 0 atom stereocenters. The number of rotatable bonds is 6. The summed E-state index contributed by atoms with van der Waals surface area (Å²) in [7, 11) is 0. The Bertz CT molecular complexity index is 3230. The lowest BCUT2D eigenvalue weighted by atomic mass is 9.33. The van der Waals surface area contributed by atoms with Crippen molar-refractivity contribution in [2.75, 3.05) is 14.7 Å². The quantitative estimate of drug-likeness (QED) is 0.156. The standard InChI is InChI=1S/C58H44BN3O/c1-58(2,3)40-31-33-43(34-32-40)60(50-35-36-54-56(45-25-13-18-30-53(45)63-54)55(50)39-19-7-4-8-20-39)44-37-51-57-52(38-44)62(42-23-11-6-12-24-42)49-29-17-15-27-47(49)59(57)46-26-14-16-28-48(46)61(51)41-21-9-5-10-22-41/h4-38H,1-3H3. The fraction of sp³-hybridized carbons (Fsp3) is 0.0690. The van der Waals surface area contributed by atoms with E-state index in [2.05, 4.69) is 248 Å². The van der Waals surface area contributed by atoms with Gasteiger partial charge in [0.2, 0.25) is 0 Å². The summed E-state index contributed by atoms with van der Waals surface area (Å²) < 4.78 is 6.61. The Kier molecular flexibility index (Phi) is 8.48. The van der Waals surface area contributed by atoms with E-state index >= 15 is 0 Å². The second kappa shape index (κ2) is 14.4. The van der Waals surface area contributed by atoms with Gasteiger partial charge in [0, 0.05) is 56.1 Å². The number of hydrogen-bond donors (Lipinski definition) is 0. The van der Waals surface area contributed by atoms with E-state index < -0.39 is 0 Å². The molecule has 0 bridgehead atoms. The summed E-state index contributed by atoms with van der Waals surface area (Å²) >= 11 is 0. The highest BCUT2D eigenvalue weighted by Crippen LogP contribution is 2.51. The molecule has 0 fully saturated rings. The molecule has 5 heteroatoms. The zero-order valence-corrected chi connectivity index (χ0v) is 35.5. The van der Waals surface area contributed by atoms with Crippen LogP contribution in [0.2, 0.25) is 0 Å². The third-order valence-electron chi connectivity index (χ3n) is 13.0. The molecule has 3 heterocycles. The number of hydrogen-bond acceptors (Lipinski definition) is 4. The molecule has 0 amide bonds. The predicted octanol–water partition coefficient (Wildman–Crippen LogP) is 14.1. The van der Waals surface area contributed by atoms with Crippen molar-refractivity contribution < 1.29 is 4.42 Å². The molecule has 0 N–H and O–H groups in total. The van der Waals surface area contributed by atoms with E-state index in [9.17, 15) is 0 Å². The molecule has 2 aliphatic rings. The molecule has 0 radical (unpaired) electrons. The molecule has 1 aromatic heterocycles. The van der Waals surface area contributed by atoms with Crippen LogP contribution in [0.3, 0.4) is 0 Å². The van der Waals surface area contributed by atoms with E-state index in [-0.39, 0.29) is 12.1 Å². The summed E-state index contributed by atoms with van der Waals surface area (Å²) in [6.45, 7) is 6.86. The molecule has 0 aliphatic carbocycles. The van der Waals surface area contributed by atoms with E-state index in [0.717, 1.165) is 72.9 Å². The lowest BCUT2D eigenvalue weighted by Gasteiger charge is -2.45. The fourth-order valence-corrected chi connectivity index (χ4v) is 10.1. The second-order valence-electron chi connectivity index (χ2n) is 17.7. The van der Waals surface area contributed by atoms with Crippen LogP contribution in [-0.2, 0) is 5.41 Å². The minimum atomic E-state index is -0.00860. The van der Waals surface area contributed by atoms with Crippen molar-refractivity contribution in [3.05, 3.63) is 218 Å². The fourth-order valence-electron chi connectivity index (χ4n) is 10.1. The van der Waals surface area contributed by atoms with Crippen LogP contribution < -0.4 is 31.1 Å². The maximum absolute atomic E-state index is 6.61. The van der Waals surface area contributed by atoms with Crippen LogP contribution in [0.4, 0.5) is 51.2 Å². The average Bonchev–Trinajstić information content (AvgIpc) is 3.71. The summed E-state index contributed by atoms with van der Waals surface area (Å²) in [5.41, 5.74) is 19.2. The first-order chi connectivity index (χ1) is 30.9. The molecule has 9 aromatic carbocycles. The Hall–Kier alpha value is -7.76. The van der Waals surface area contributed by atoms with Crippen LogP contribution in [0, 0.1) is 0 Å². The van der Waals surface area contributed by atoms with Gasteiger partial charge in [-0.25, -0.2) is 0 Å². The zero-order valence-electron chi connectivity index (χ0n) is 35.5. The molecular formula is C58H44BN3O. The minimum absolute atomic E-state index is 0.00860. The summed E-state index contributed by atoms with van der Waals surface area (Å²) in [5.74, 6) is 0. The Labute approximate surface area is 369 Å². The summed E-state index contributed by atoms with van der Waals surface area (Å²) in [6, 6.07) is 77.4. The number of benzene rings is 9. The van der Waals surface area contributed by atoms with Crippen molar-refractivity contribution in [3.63, 3.8) is 0 Å². The molecule has 63 heavy (non-hydrogen) atoms. The van der Waals surface area contributed by atoms with E-state index in [1.807, 2.05) is 0 Å². The van der Waals surface area contributed by atoms with E-state index in [4.69, 9.17) is 4.42 Å². The summed E-state index contributed by atoms with van der Waals surface area (Å²) in [6.07, 6.45) is 0. The second-order valence-corrected chi connectivity index (χ2v) is 17.7. The maximum Gasteiger partial charge on any atom is 0.252 e. The van der Waals surface area contributed by atoms with E-state index in [0.29, 0.717) is 0 Å². The molecule has 0 spiro atoms. The molecule has 0 saturated carbocycles. The van der Waals surface area contributed by atoms with Gasteiger partial charge in [0.05, 0.1) is 11.4 Å². The van der Waals surface area contributed by atoms with Crippen molar-refractivity contribution in [2.45, 2.75) is 26.2 Å². The lowest BCUT2D eigenvalue weighted by Crippen LogP contribution is -2.61. The number of nitrogens with zero attached hydrogens (tertiary/aromatic N) is 3. The molecule has 10 aromatic rings. The first-order valence-electron chi connectivity index (χ1n) is 21.9. The Balaban J connectivity index is 1.22. The molecule has 0 saturated heterocycles. The smallest absolute Gasteiger partial charge is 0.252 e. The lowest BCUT2D eigenvalue weighted by molar-refractivity contribution is 0.590. The van der Waals surface area contributed by atoms with Gasteiger partial charge in [-0.2, -0.15) is 0 Å². The van der Waals surface area contributed by atoms with Gasteiger partial charge in [-0.05, 0) is 112 Å². The zero-order chi connectivity index (χ0) is 42.2. The molecule has 4 nitrogen and oxygen atoms in total. The van der Waals surface area contributed by atoms with Gasteiger partial charge in [-0.3, -0.25) is 0 Å². The van der Waals surface area contributed by atoms with Crippen molar-refractivity contribution in [2.24, 2.45) is 0 Å². The SMILES string of the molecule is CC(C)(C)c1ccc(N(c2cc3c4c(c2)N(c2ccccc2)c2ccccc2B4c2ccccc2N3c2ccccc2)c2ccc3oc4ccccc4c3c2-c2ccccc2)cc1. The van der Waals surface area contributed by atoms with Gasteiger partial charge in [-0.15, -0.1) is 0 Å². The molecule has 2 aliphatic heterocycles. The van der Waals surface area contributed by atoms with Crippen molar-refractivity contribution >= 4 is 96.2 Å². The van der Waals surface area contributed by atoms with Crippen LogP contribution in [0.15, 0.2) is 217 Å². The van der Waals surface area contributed by atoms with Gasteiger partial charge in [-0.1, -0.05) is 154 Å². The summed E-state index contributed by atoms with van der Waals surface area (Å²) in [5, 5.41) is 2.20. The highest BCUT2D eigenvalue weighted by atomic mass is 16.3. The van der Waals surface area contributed by atoms with Crippen molar-refractivity contribution in [1.82, 2.24) is 0 Å². The van der Waals surface area contributed by atoms with E-state index in [1.165, 1.54) is 33.3 Å². The van der Waals surface area contributed by atoms with E-state index in [1.54, 1.807) is 0 Å². The first kappa shape index (κ1) is 37.0. The number of furan rings is 1. The molecular weight excluding hydrogens is 765 g/mol. The van der Waals surface area contributed by atoms with Crippen molar-refractivity contribution in [3.8, 4) is 11.1 Å². The number of anilines is 9. The predicted molar refractivity (Wildman–Crippen MR) is 267 cm³/mol. The van der Waals surface area contributed by atoms with Crippen LogP contribution in [0.25, 0.3) is 33.1 Å². The maximum atomic E-state index is 6.61. The Morgan fingerprint density at radius 2 is 0.984 bits per heavy atom. The number of para-hydroxylation sites is 5. The topological polar surface area (TPSA) is 22.9 Å². The number of fused-ring (bicyclic) bond motifs is 7. The van der Waals surface area contributed by atoms with Crippen molar-refractivity contribution in [1.29, 1.82) is 0 Å². The Morgan fingerprint density at radius 3 is 1.57 bits per heavy atom. The summed E-state index contributed by atoms with van der Waals surface area (Å²) in [4.78, 5) is 7.45. The van der Waals surface area contributed by atoms with Crippen LogP contribution in [0.1, 0.15) is 26.3 Å². The van der Waals surface area contributed by atoms with Crippen LogP contribution >= 0.6 is 0 Å². The minimum Gasteiger partial charge on any atom is -0.456 e. The van der Waals surface area contributed by atoms with Gasteiger partial charge in [0.15, 0.2) is 0 Å².